The molecule has 0 unspecified atom stereocenters. The fourth-order valence-corrected chi connectivity index (χ4v) is 3.08. The van der Waals surface area contributed by atoms with Gasteiger partial charge in [-0.1, -0.05) is 30.7 Å². The maximum absolute atomic E-state index is 12.1. The summed E-state index contributed by atoms with van der Waals surface area (Å²) in [5.74, 6) is 1.37. The largest absolute Gasteiger partial charge is 0.490 e. The summed E-state index contributed by atoms with van der Waals surface area (Å²) in [5.41, 5.74) is 1.02. The lowest BCUT2D eigenvalue weighted by Gasteiger charge is -2.13. The predicted molar refractivity (Wildman–Crippen MR) is 106 cm³/mol. The third-order valence-corrected chi connectivity index (χ3v) is 4.50. The van der Waals surface area contributed by atoms with Gasteiger partial charge in [0.05, 0.1) is 13.2 Å². The first-order chi connectivity index (χ1) is 13.2. The summed E-state index contributed by atoms with van der Waals surface area (Å²) < 4.78 is 16.5. The van der Waals surface area contributed by atoms with Crippen molar-refractivity contribution in [2.45, 2.75) is 46.1 Å². The smallest absolute Gasteiger partial charge is 0.226 e. The lowest BCUT2D eigenvalue weighted by atomic mass is 10.1. The number of amides is 1. The highest BCUT2D eigenvalue weighted by Gasteiger charge is 2.11. The first-order valence-corrected chi connectivity index (χ1v) is 9.97. The van der Waals surface area contributed by atoms with Crippen LogP contribution in [-0.4, -0.2) is 36.4 Å². The van der Waals surface area contributed by atoms with E-state index in [0.717, 1.165) is 34.9 Å². The van der Waals surface area contributed by atoms with E-state index in [1.54, 1.807) is 7.11 Å². The van der Waals surface area contributed by atoms with Gasteiger partial charge >= 0.3 is 0 Å². The Morgan fingerprint density at radius 3 is 2.78 bits per heavy atom. The highest BCUT2D eigenvalue weighted by molar-refractivity contribution is 7.15. The molecule has 0 bridgehead atoms. The molecule has 7 nitrogen and oxygen atoms in total. The fraction of sp³-hybridized carbons (Fsp3) is 0.526. The molecule has 0 saturated heterocycles. The van der Waals surface area contributed by atoms with Crippen LogP contribution in [0.15, 0.2) is 18.2 Å². The van der Waals surface area contributed by atoms with E-state index in [4.69, 9.17) is 14.2 Å². The van der Waals surface area contributed by atoms with Crippen LogP contribution in [-0.2, 0) is 22.6 Å². The monoisotopic (exact) mass is 393 g/mol. The normalized spacial score (nSPS) is 10.6. The molecule has 0 spiro atoms. The molecule has 27 heavy (non-hydrogen) atoms. The highest BCUT2D eigenvalue weighted by Crippen LogP contribution is 2.29. The Morgan fingerprint density at radius 2 is 2.04 bits per heavy atom. The highest BCUT2D eigenvalue weighted by atomic mass is 32.1. The number of hydrogen-bond donors (Lipinski definition) is 1. The van der Waals surface area contributed by atoms with Gasteiger partial charge in [-0.3, -0.25) is 4.79 Å². The number of rotatable bonds is 12. The van der Waals surface area contributed by atoms with Crippen molar-refractivity contribution in [2.75, 3.05) is 25.6 Å². The molecule has 0 aliphatic carbocycles. The first-order valence-electron chi connectivity index (χ1n) is 9.16. The van der Waals surface area contributed by atoms with E-state index < -0.39 is 0 Å². The molecule has 1 heterocycles. The fourth-order valence-electron chi connectivity index (χ4n) is 2.35. The molecule has 0 saturated carbocycles. The van der Waals surface area contributed by atoms with Gasteiger partial charge in [-0.25, -0.2) is 0 Å². The average Bonchev–Trinajstić information content (AvgIpc) is 3.09. The van der Waals surface area contributed by atoms with E-state index in [9.17, 15) is 4.79 Å². The number of nitrogens with zero attached hydrogens (tertiary/aromatic N) is 2. The van der Waals surface area contributed by atoms with Crippen molar-refractivity contribution >= 4 is 22.4 Å². The molecule has 1 amide bonds. The van der Waals surface area contributed by atoms with E-state index in [0.29, 0.717) is 37.8 Å². The Kier molecular flexibility index (Phi) is 9.00. The zero-order valence-corrected chi connectivity index (χ0v) is 16.9. The van der Waals surface area contributed by atoms with Crippen LogP contribution in [0.1, 0.15) is 43.7 Å². The number of methoxy groups -OCH3 is 1. The van der Waals surface area contributed by atoms with Crippen LogP contribution in [0.2, 0.25) is 0 Å². The van der Waals surface area contributed by atoms with Gasteiger partial charge in [0, 0.05) is 13.5 Å². The van der Waals surface area contributed by atoms with Gasteiger partial charge in [-0.05, 0) is 37.5 Å². The van der Waals surface area contributed by atoms with Gasteiger partial charge in [0.1, 0.15) is 11.6 Å². The van der Waals surface area contributed by atoms with Gasteiger partial charge < -0.3 is 19.5 Å². The Morgan fingerprint density at radius 1 is 1.19 bits per heavy atom. The van der Waals surface area contributed by atoms with Crippen molar-refractivity contribution in [3.05, 3.63) is 28.8 Å². The van der Waals surface area contributed by atoms with E-state index >= 15 is 0 Å². The number of ether oxygens (including phenoxy) is 3. The molecular formula is C19H27N3O4S. The topological polar surface area (TPSA) is 82.6 Å². The minimum Gasteiger partial charge on any atom is -0.490 e. The molecule has 0 aliphatic heterocycles. The van der Waals surface area contributed by atoms with Crippen LogP contribution >= 0.6 is 11.3 Å². The van der Waals surface area contributed by atoms with Crippen molar-refractivity contribution in [3.8, 4) is 11.5 Å². The van der Waals surface area contributed by atoms with Crippen LogP contribution in [0.4, 0.5) is 5.13 Å². The molecule has 2 aromatic rings. The molecule has 0 radical (unpaired) electrons. The second kappa shape index (κ2) is 11.5. The third-order valence-electron chi connectivity index (χ3n) is 3.69. The quantitative estimate of drug-likeness (QED) is 0.552. The Balaban J connectivity index is 1.89. The van der Waals surface area contributed by atoms with Crippen LogP contribution in [0, 0.1) is 0 Å². The minimum absolute atomic E-state index is 0.101. The first kappa shape index (κ1) is 21.1. The van der Waals surface area contributed by atoms with Crippen LogP contribution in [0.5, 0.6) is 11.5 Å². The lowest BCUT2D eigenvalue weighted by molar-refractivity contribution is -0.116. The SMILES string of the molecule is CCCCOc1ccc(CCC(=O)Nc2nnc(COC)s2)cc1OCC. The molecular weight excluding hydrogens is 366 g/mol. The van der Waals surface area contributed by atoms with Crippen LogP contribution < -0.4 is 14.8 Å². The van der Waals surface area contributed by atoms with Crippen molar-refractivity contribution in [2.24, 2.45) is 0 Å². The van der Waals surface area contributed by atoms with Crippen molar-refractivity contribution < 1.29 is 19.0 Å². The molecule has 1 N–H and O–H groups in total. The van der Waals surface area contributed by atoms with Crippen molar-refractivity contribution in [1.82, 2.24) is 10.2 Å². The summed E-state index contributed by atoms with van der Waals surface area (Å²) in [6, 6.07) is 5.83. The summed E-state index contributed by atoms with van der Waals surface area (Å²) in [6.45, 7) is 5.69. The number of benzene rings is 1. The Hall–Kier alpha value is -2.19. The van der Waals surface area contributed by atoms with Gasteiger partial charge in [0.2, 0.25) is 11.0 Å². The second-order valence-corrected chi connectivity index (χ2v) is 6.96. The van der Waals surface area contributed by atoms with Crippen LogP contribution in [0.3, 0.4) is 0 Å². The van der Waals surface area contributed by atoms with Crippen molar-refractivity contribution in [1.29, 1.82) is 0 Å². The number of hydrogen-bond acceptors (Lipinski definition) is 7. The molecule has 0 fully saturated rings. The number of aromatic nitrogens is 2. The number of anilines is 1. The van der Waals surface area contributed by atoms with E-state index in [1.165, 1.54) is 11.3 Å². The molecule has 8 heteroatoms. The van der Waals surface area contributed by atoms with Gasteiger partial charge in [0.25, 0.3) is 0 Å². The van der Waals surface area contributed by atoms with Crippen LogP contribution in [0.25, 0.3) is 0 Å². The van der Waals surface area contributed by atoms with E-state index in [1.807, 2.05) is 25.1 Å². The number of nitrogens with one attached hydrogen (secondary N) is 1. The number of carbonyl (C=O) groups excluding carboxylic acids is 1. The minimum atomic E-state index is -0.101. The lowest BCUT2D eigenvalue weighted by Crippen LogP contribution is -2.12. The molecule has 0 aliphatic rings. The third kappa shape index (κ3) is 7.15. The number of unbranched alkanes of at least 4 members (excludes halogenated alkanes) is 1. The standard InChI is InChI=1S/C19H27N3O4S/c1-4-6-11-26-15-9-7-14(12-16(15)25-5-2)8-10-17(23)20-19-22-21-18(27-19)13-24-3/h7,9,12H,4-6,8,10-11,13H2,1-3H3,(H,20,22,23). The maximum atomic E-state index is 12.1. The van der Waals surface area contributed by atoms with Gasteiger partial charge in [-0.15, -0.1) is 10.2 Å². The molecule has 1 aromatic heterocycles. The summed E-state index contributed by atoms with van der Waals surface area (Å²) in [6.07, 6.45) is 3.04. The summed E-state index contributed by atoms with van der Waals surface area (Å²) in [4.78, 5) is 12.1. The van der Waals surface area contributed by atoms with E-state index in [2.05, 4.69) is 22.4 Å². The molecule has 1 aromatic carbocycles. The van der Waals surface area contributed by atoms with Gasteiger partial charge in [0.15, 0.2) is 11.5 Å². The number of carbonyl (C=O) groups is 1. The van der Waals surface area contributed by atoms with E-state index in [-0.39, 0.29) is 5.91 Å². The maximum Gasteiger partial charge on any atom is 0.226 e. The zero-order valence-electron chi connectivity index (χ0n) is 16.1. The Bertz CT molecular complexity index is 721. The zero-order chi connectivity index (χ0) is 19.5. The predicted octanol–water partition coefficient (Wildman–Crippen LogP) is 3.83. The van der Waals surface area contributed by atoms with Crippen molar-refractivity contribution in [3.63, 3.8) is 0 Å². The summed E-state index contributed by atoms with van der Waals surface area (Å²) in [5, 5.41) is 11.9. The Labute approximate surface area is 164 Å². The summed E-state index contributed by atoms with van der Waals surface area (Å²) >= 11 is 1.31. The average molecular weight is 394 g/mol. The molecule has 148 valence electrons. The van der Waals surface area contributed by atoms with Gasteiger partial charge in [-0.2, -0.15) is 0 Å². The second-order valence-electron chi connectivity index (χ2n) is 5.90. The molecule has 2 rings (SSSR count). The number of aryl methyl sites for hydroxylation is 1. The molecule has 0 atom stereocenters. The summed E-state index contributed by atoms with van der Waals surface area (Å²) in [7, 11) is 1.59.